The van der Waals surface area contributed by atoms with E-state index in [1.165, 1.54) is 11.3 Å². The molecule has 0 unspecified atom stereocenters. The topological polar surface area (TPSA) is 59.0 Å². The number of carbonyl (C=O) groups excluding carboxylic acids is 1. The molecule has 0 saturated heterocycles. The zero-order valence-corrected chi connectivity index (χ0v) is 13.5. The van der Waals surface area contributed by atoms with Gasteiger partial charge in [0, 0.05) is 44.3 Å². The fourth-order valence-corrected chi connectivity index (χ4v) is 2.87. The Balaban J connectivity index is 1.75. The summed E-state index contributed by atoms with van der Waals surface area (Å²) in [4.78, 5) is 28.0. The molecule has 3 aromatic heterocycles. The van der Waals surface area contributed by atoms with E-state index in [9.17, 15) is 4.79 Å². The minimum Gasteiger partial charge on any atom is -0.341 e. The molecule has 0 bridgehead atoms. The Kier molecular flexibility index (Phi) is 4.73. The highest BCUT2D eigenvalue weighted by molar-refractivity contribution is 7.13. The molecule has 6 heteroatoms. The van der Waals surface area contributed by atoms with Gasteiger partial charge in [0.05, 0.1) is 21.6 Å². The van der Waals surface area contributed by atoms with Gasteiger partial charge in [0.25, 0.3) is 5.91 Å². The van der Waals surface area contributed by atoms with E-state index in [2.05, 4.69) is 15.0 Å². The molecule has 0 N–H and O–H groups in total. The number of thiazole rings is 1. The number of aromatic nitrogens is 3. The summed E-state index contributed by atoms with van der Waals surface area (Å²) in [6.45, 7) is 0.604. The van der Waals surface area contributed by atoms with Crippen LogP contribution in [0.15, 0.2) is 54.4 Å². The van der Waals surface area contributed by atoms with Crippen LogP contribution in [0.4, 0.5) is 0 Å². The van der Waals surface area contributed by atoms with Gasteiger partial charge in [-0.15, -0.1) is 11.3 Å². The summed E-state index contributed by atoms with van der Waals surface area (Å²) in [5.41, 5.74) is 3.99. The van der Waals surface area contributed by atoms with Crippen molar-refractivity contribution in [2.45, 2.75) is 6.42 Å². The number of hydrogen-bond donors (Lipinski definition) is 0. The summed E-state index contributed by atoms with van der Waals surface area (Å²) < 4.78 is 0. The summed E-state index contributed by atoms with van der Waals surface area (Å²) in [5.74, 6) is -0.0440. The van der Waals surface area contributed by atoms with Gasteiger partial charge in [-0.3, -0.25) is 19.7 Å². The fraction of sp³-hybridized carbons (Fsp3) is 0.176. The minimum absolute atomic E-state index is 0.0440. The molecule has 3 rings (SSSR count). The number of rotatable bonds is 5. The molecule has 1 amide bonds. The highest BCUT2D eigenvalue weighted by atomic mass is 32.1. The van der Waals surface area contributed by atoms with Crippen LogP contribution in [0.25, 0.3) is 10.6 Å². The molecule has 23 heavy (non-hydrogen) atoms. The largest absolute Gasteiger partial charge is 0.341 e. The van der Waals surface area contributed by atoms with Crippen molar-refractivity contribution < 1.29 is 4.79 Å². The molecule has 3 heterocycles. The number of carbonyl (C=O) groups is 1. The van der Waals surface area contributed by atoms with E-state index in [-0.39, 0.29) is 5.91 Å². The highest BCUT2D eigenvalue weighted by Crippen LogP contribution is 2.25. The average molecular weight is 324 g/mol. The van der Waals surface area contributed by atoms with Crippen molar-refractivity contribution in [2.24, 2.45) is 0 Å². The molecule has 0 fully saturated rings. The maximum atomic E-state index is 12.7. The standard InChI is InChI=1S/C17H16N4OS/c1-21(10-7-13-5-2-3-8-19-13)17(22)14-6-4-9-20-16(14)15-11-18-12-23-15/h2-6,8-9,11-12H,7,10H2,1H3. The Morgan fingerprint density at radius 3 is 2.78 bits per heavy atom. The first-order chi connectivity index (χ1) is 11.3. The molecule has 0 saturated carbocycles. The molecule has 0 spiro atoms. The monoisotopic (exact) mass is 324 g/mol. The molecule has 0 aliphatic rings. The van der Waals surface area contributed by atoms with E-state index in [0.717, 1.165) is 17.0 Å². The molecule has 0 aliphatic heterocycles. The van der Waals surface area contributed by atoms with E-state index >= 15 is 0 Å². The first-order valence-corrected chi connectivity index (χ1v) is 8.13. The van der Waals surface area contributed by atoms with Crippen LogP contribution >= 0.6 is 11.3 Å². The van der Waals surface area contributed by atoms with Crippen LogP contribution in [-0.4, -0.2) is 39.4 Å². The lowest BCUT2D eigenvalue weighted by molar-refractivity contribution is 0.0797. The van der Waals surface area contributed by atoms with Crippen LogP contribution in [0, 0.1) is 0 Å². The van der Waals surface area contributed by atoms with Crippen molar-refractivity contribution >= 4 is 17.2 Å². The third kappa shape index (κ3) is 3.60. The second kappa shape index (κ2) is 7.11. The van der Waals surface area contributed by atoms with E-state index in [1.807, 2.05) is 24.3 Å². The number of likely N-dealkylation sites (N-methyl/N-ethyl adjacent to an activating group) is 1. The van der Waals surface area contributed by atoms with Crippen LogP contribution in [0.3, 0.4) is 0 Å². The first kappa shape index (κ1) is 15.3. The second-order valence-corrected chi connectivity index (χ2v) is 5.95. The maximum absolute atomic E-state index is 12.7. The van der Waals surface area contributed by atoms with Gasteiger partial charge in [0.15, 0.2) is 0 Å². The second-order valence-electron chi connectivity index (χ2n) is 5.06. The SMILES string of the molecule is CN(CCc1ccccn1)C(=O)c1cccnc1-c1cncs1. The van der Waals surface area contributed by atoms with E-state index in [1.54, 1.807) is 42.1 Å². The number of nitrogens with zero attached hydrogens (tertiary/aromatic N) is 4. The van der Waals surface area contributed by atoms with E-state index < -0.39 is 0 Å². The lowest BCUT2D eigenvalue weighted by atomic mass is 10.1. The molecule has 3 aromatic rings. The van der Waals surface area contributed by atoms with Crippen molar-refractivity contribution in [3.63, 3.8) is 0 Å². The van der Waals surface area contributed by atoms with Gasteiger partial charge in [-0.1, -0.05) is 6.07 Å². The predicted molar refractivity (Wildman–Crippen MR) is 90.2 cm³/mol. The molecule has 0 aliphatic carbocycles. The third-order valence-electron chi connectivity index (χ3n) is 3.48. The highest BCUT2D eigenvalue weighted by Gasteiger charge is 2.18. The quantitative estimate of drug-likeness (QED) is 0.724. The van der Waals surface area contributed by atoms with Crippen LogP contribution in [0.1, 0.15) is 16.1 Å². The van der Waals surface area contributed by atoms with Gasteiger partial charge < -0.3 is 4.90 Å². The Morgan fingerprint density at radius 1 is 1.17 bits per heavy atom. The summed E-state index contributed by atoms with van der Waals surface area (Å²) in [6, 6.07) is 9.39. The Hall–Kier alpha value is -2.60. The van der Waals surface area contributed by atoms with Crippen LogP contribution in [0.2, 0.25) is 0 Å². The summed E-state index contributed by atoms with van der Waals surface area (Å²) in [7, 11) is 1.80. The van der Waals surface area contributed by atoms with Gasteiger partial charge in [0.1, 0.15) is 0 Å². The Bertz CT molecular complexity index is 774. The van der Waals surface area contributed by atoms with Gasteiger partial charge in [-0.05, 0) is 24.3 Å². The minimum atomic E-state index is -0.0440. The molecular formula is C17H16N4OS. The first-order valence-electron chi connectivity index (χ1n) is 7.25. The van der Waals surface area contributed by atoms with Crippen molar-refractivity contribution in [3.8, 4) is 10.6 Å². The van der Waals surface area contributed by atoms with Crippen molar-refractivity contribution in [3.05, 3.63) is 65.7 Å². The molecular weight excluding hydrogens is 308 g/mol. The van der Waals surface area contributed by atoms with Crippen LogP contribution in [-0.2, 0) is 6.42 Å². The lowest BCUT2D eigenvalue weighted by Gasteiger charge is -2.18. The predicted octanol–water partition coefficient (Wildman–Crippen LogP) is 2.91. The fourth-order valence-electron chi connectivity index (χ4n) is 2.24. The summed E-state index contributed by atoms with van der Waals surface area (Å²) in [6.07, 6.45) is 5.91. The third-order valence-corrected chi connectivity index (χ3v) is 4.26. The molecule has 116 valence electrons. The van der Waals surface area contributed by atoms with Crippen molar-refractivity contribution in [2.75, 3.05) is 13.6 Å². The zero-order chi connectivity index (χ0) is 16.1. The average Bonchev–Trinajstić information content (AvgIpc) is 3.14. The van der Waals surface area contributed by atoms with Crippen LogP contribution in [0.5, 0.6) is 0 Å². The lowest BCUT2D eigenvalue weighted by Crippen LogP contribution is -2.29. The van der Waals surface area contributed by atoms with Gasteiger partial charge in [-0.2, -0.15) is 0 Å². The number of amides is 1. The summed E-state index contributed by atoms with van der Waals surface area (Å²) >= 11 is 1.48. The number of pyridine rings is 2. The van der Waals surface area contributed by atoms with E-state index in [0.29, 0.717) is 17.8 Å². The van der Waals surface area contributed by atoms with E-state index in [4.69, 9.17) is 0 Å². The molecule has 0 aromatic carbocycles. The van der Waals surface area contributed by atoms with Gasteiger partial charge in [-0.25, -0.2) is 0 Å². The number of hydrogen-bond acceptors (Lipinski definition) is 5. The van der Waals surface area contributed by atoms with Crippen molar-refractivity contribution in [1.82, 2.24) is 19.9 Å². The maximum Gasteiger partial charge on any atom is 0.255 e. The van der Waals surface area contributed by atoms with Crippen LogP contribution < -0.4 is 0 Å². The summed E-state index contributed by atoms with van der Waals surface area (Å²) in [5, 5.41) is 0. The van der Waals surface area contributed by atoms with Crippen molar-refractivity contribution in [1.29, 1.82) is 0 Å². The molecule has 0 atom stereocenters. The van der Waals surface area contributed by atoms with Gasteiger partial charge >= 0.3 is 0 Å². The molecule has 5 nitrogen and oxygen atoms in total. The normalized spacial score (nSPS) is 10.5. The zero-order valence-electron chi connectivity index (χ0n) is 12.7. The molecule has 0 radical (unpaired) electrons. The Morgan fingerprint density at radius 2 is 2.04 bits per heavy atom. The smallest absolute Gasteiger partial charge is 0.255 e. The Labute approximate surface area is 138 Å². The van der Waals surface area contributed by atoms with Gasteiger partial charge in [0.2, 0.25) is 0 Å².